The van der Waals surface area contributed by atoms with Crippen LogP contribution in [0.1, 0.15) is 75.7 Å². The van der Waals surface area contributed by atoms with E-state index in [2.05, 4.69) is 6.58 Å². The molecule has 30 heavy (non-hydrogen) atoms. The van der Waals surface area contributed by atoms with Gasteiger partial charge >= 0.3 is 0 Å². The van der Waals surface area contributed by atoms with E-state index in [9.17, 15) is 8.78 Å². The van der Waals surface area contributed by atoms with Crippen LogP contribution in [0.3, 0.4) is 0 Å². The van der Waals surface area contributed by atoms with Crippen LogP contribution in [0.5, 0.6) is 5.75 Å². The van der Waals surface area contributed by atoms with Gasteiger partial charge in [-0.2, -0.15) is 0 Å². The lowest BCUT2D eigenvalue weighted by atomic mass is 9.68. The number of hydrogen-bond acceptors (Lipinski definition) is 1. The summed E-state index contributed by atoms with van der Waals surface area (Å²) < 4.78 is 34.9. The largest absolute Gasteiger partial charge is 0.497 e. The molecule has 2 saturated carbocycles. The highest BCUT2D eigenvalue weighted by molar-refractivity contribution is 5.85. The van der Waals surface area contributed by atoms with Crippen molar-refractivity contribution < 1.29 is 13.5 Å². The summed E-state index contributed by atoms with van der Waals surface area (Å²) in [4.78, 5) is 0. The SMILES string of the molecule is C=CCCC1CCC(C2CCC(c3cc4ccc(OC)cc4c(F)c3F)CC2)CC1. The zero-order valence-electron chi connectivity index (χ0n) is 18.1. The molecule has 3 heteroatoms. The summed E-state index contributed by atoms with van der Waals surface area (Å²) in [6, 6.07) is 7.09. The highest BCUT2D eigenvalue weighted by atomic mass is 19.2. The fourth-order valence-corrected chi connectivity index (χ4v) is 5.95. The molecule has 0 aromatic heterocycles. The van der Waals surface area contributed by atoms with Crippen molar-refractivity contribution in [3.05, 3.63) is 54.1 Å². The molecule has 0 spiro atoms. The van der Waals surface area contributed by atoms with Crippen LogP contribution in [0.25, 0.3) is 10.8 Å². The van der Waals surface area contributed by atoms with Gasteiger partial charge in [0.1, 0.15) is 5.75 Å². The van der Waals surface area contributed by atoms with Crippen molar-refractivity contribution in [2.75, 3.05) is 7.11 Å². The topological polar surface area (TPSA) is 9.23 Å². The minimum atomic E-state index is -0.735. The molecule has 0 unspecified atom stereocenters. The van der Waals surface area contributed by atoms with Gasteiger partial charge in [0.05, 0.1) is 7.11 Å². The maximum absolute atomic E-state index is 14.9. The molecule has 2 aliphatic rings. The number of benzene rings is 2. The van der Waals surface area contributed by atoms with Crippen LogP contribution in [0.4, 0.5) is 8.78 Å². The highest BCUT2D eigenvalue weighted by Crippen LogP contribution is 2.45. The predicted octanol–water partition coefficient (Wildman–Crippen LogP) is 8.17. The van der Waals surface area contributed by atoms with Gasteiger partial charge in [0, 0.05) is 5.39 Å². The van der Waals surface area contributed by atoms with Crippen LogP contribution in [-0.4, -0.2) is 7.11 Å². The zero-order chi connectivity index (χ0) is 21.1. The quantitative estimate of drug-likeness (QED) is 0.435. The van der Waals surface area contributed by atoms with Crippen LogP contribution >= 0.6 is 0 Å². The lowest BCUT2D eigenvalue weighted by molar-refractivity contribution is 0.156. The van der Waals surface area contributed by atoms with Crippen molar-refractivity contribution in [1.29, 1.82) is 0 Å². The Morgan fingerprint density at radius 2 is 1.60 bits per heavy atom. The van der Waals surface area contributed by atoms with Gasteiger partial charge < -0.3 is 4.74 Å². The third kappa shape index (κ3) is 4.40. The first-order chi connectivity index (χ1) is 14.6. The van der Waals surface area contributed by atoms with Gasteiger partial charge in [-0.05, 0) is 104 Å². The van der Waals surface area contributed by atoms with Crippen molar-refractivity contribution in [1.82, 2.24) is 0 Å². The van der Waals surface area contributed by atoms with E-state index in [1.807, 2.05) is 24.3 Å². The number of hydrogen-bond donors (Lipinski definition) is 0. The normalized spacial score (nSPS) is 27.2. The Bertz CT molecular complexity index is 874. The maximum atomic E-state index is 14.9. The van der Waals surface area contributed by atoms with E-state index in [1.165, 1.54) is 39.2 Å². The van der Waals surface area contributed by atoms with Crippen molar-refractivity contribution in [3.63, 3.8) is 0 Å². The minimum Gasteiger partial charge on any atom is -0.497 e. The molecule has 1 nitrogen and oxygen atoms in total. The Morgan fingerprint density at radius 3 is 2.23 bits per heavy atom. The van der Waals surface area contributed by atoms with Crippen LogP contribution in [0, 0.1) is 29.4 Å². The number of ether oxygens (including phenoxy) is 1. The van der Waals surface area contributed by atoms with Gasteiger partial charge in [0.15, 0.2) is 11.6 Å². The van der Waals surface area contributed by atoms with E-state index in [0.717, 1.165) is 55.2 Å². The first-order valence-corrected chi connectivity index (χ1v) is 11.7. The number of halogens is 2. The lowest BCUT2D eigenvalue weighted by Crippen LogP contribution is -2.25. The average molecular weight is 413 g/mol. The molecule has 0 aliphatic heterocycles. The van der Waals surface area contributed by atoms with E-state index in [4.69, 9.17) is 4.74 Å². The third-order valence-corrected chi connectivity index (χ3v) is 7.80. The van der Waals surface area contributed by atoms with Crippen LogP contribution < -0.4 is 4.74 Å². The fourth-order valence-electron chi connectivity index (χ4n) is 5.95. The molecule has 0 radical (unpaired) electrons. The van der Waals surface area contributed by atoms with Gasteiger partial charge in [-0.3, -0.25) is 0 Å². The molecular formula is C27H34F2O. The molecular weight excluding hydrogens is 378 g/mol. The lowest BCUT2D eigenvalue weighted by Gasteiger charge is -2.38. The number of fused-ring (bicyclic) bond motifs is 1. The van der Waals surface area contributed by atoms with E-state index in [0.29, 0.717) is 16.7 Å². The second kappa shape index (κ2) is 9.49. The average Bonchev–Trinajstić information content (AvgIpc) is 2.80. The molecule has 162 valence electrons. The first kappa shape index (κ1) is 21.3. The van der Waals surface area contributed by atoms with Gasteiger partial charge in [-0.25, -0.2) is 8.78 Å². The van der Waals surface area contributed by atoms with Crippen molar-refractivity contribution in [2.24, 2.45) is 17.8 Å². The van der Waals surface area contributed by atoms with E-state index in [1.54, 1.807) is 6.07 Å². The first-order valence-electron chi connectivity index (χ1n) is 11.7. The minimum absolute atomic E-state index is 0.131. The highest BCUT2D eigenvalue weighted by Gasteiger charge is 2.32. The molecule has 0 heterocycles. The van der Waals surface area contributed by atoms with Crippen molar-refractivity contribution in [2.45, 2.75) is 70.1 Å². The summed E-state index contributed by atoms with van der Waals surface area (Å²) in [5, 5.41) is 1.06. The van der Waals surface area contributed by atoms with Crippen LogP contribution in [0.2, 0.25) is 0 Å². The van der Waals surface area contributed by atoms with Crippen LogP contribution in [-0.2, 0) is 0 Å². The van der Waals surface area contributed by atoms with Gasteiger partial charge in [0.2, 0.25) is 0 Å². The van der Waals surface area contributed by atoms with E-state index < -0.39 is 11.6 Å². The molecule has 0 bridgehead atoms. The third-order valence-electron chi connectivity index (χ3n) is 7.80. The monoisotopic (exact) mass is 412 g/mol. The Kier molecular flexibility index (Phi) is 6.75. The summed E-state index contributed by atoms with van der Waals surface area (Å²) in [5.41, 5.74) is 0.566. The number of allylic oxidation sites excluding steroid dienone is 1. The standard InChI is InChI=1S/C27H34F2O/c1-3-4-5-18-6-8-19(9-7-18)20-10-12-21(13-11-20)24-16-22-14-15-23(30-2)17-25(22)27(29)26(24)28/h3,14-21H,1,4-13H2,2H3. The summed E-state index contributed by atoms with van der Waals surface area (Å²) in [6.07, 6.45) is 14.1. The smallest absolute Gasteiger partial charge is 0.167 e. The molecule has 2 fully saturated rings. The molecule has 0 N–H and O–H groups in total. The Morgan fingerprint density at radius 1 is 0.933 bits per heavy atom. The molecule has 2 aromatic carbocycles. The second-order valence-corrected chi connectivity index (χ2v) is 9.44. The summed E-state index contributed by atoms with van der Waals surface area (Å²) in [6.45, 7) is 3.85. The Labute approximate surface area is 179 Å². The zero-order valence-corrected chi connectivity index (χ0v) is 18.1. The van der Waals surface area contributed by atoms with E-state index >= 15 is 0 Å². The van der Waals surface area contributed by atoms with Crippen molar-refractivity contribution in [3.8, 4) is 5.75 Å². The molecule has 2 aromatic rings. The van der Waals surface area contributed by atoms with Gasteiger partial charge in [-0.1, -0.05) is 25.0 Å². The summed E-state index contributed by atoms with van der Waals surface area (Å²) in [7, 11) is 1.54. The molecule has 2 aliphatic carbocycles. The van der Waals surface area contributed by atoms with Gasteiger partial charge in [-0.15, -0.1) is 6.58 Å². The van der Waals surface area contributed by atoms with E-state index in [-0.39, 0.29) is 5.92 Å². The molecule has 0 atom stereocenters. The fraction of sp³-hybridized carbons (Fsp3) is 0.556. The molecule has 4 rings (SSSR count). The Hall–Kier alpha value is -1.90. The van der Waals surface area contributed by atoms with Crippen LogP contribution in [0.15, 0.2) is 36.9 Å². The number of methoxy groups -OCH3 is 1. The molecule has 0 saturated heterocycles. The summed E-state index contributed by atoms with van der Waals surface area (Å²) >= 11 is 0. The Balaban J connectivity index is 1.40. The number of rotatable bonds is 6. The predicted molar refractivity (Wildman–Crippen MR) is 120 cm³/mol. The summed E-state index contributed by atoms with van der Waals surface area (Å²) in [5.74, 6) is 1.75. The maximum Gasteiger partial charge on any atom is 0.167 e. The van der Waals surface area contributed by atoms with Gasteiger partial charge in [0.25, 0.3) is 0 Å². The second-order valence-electron chi connectivity index (χ2n) is 9.44. The van der Waals surface area contributed by atoms with Crippen molar-refractivity contribution >= 4 is 10.8 Å². The molecule has 0 amide bonds.